The van der Waals surface area contributed by atoms with E-state index in [4.69, 9.17) is 0 Å². The molecule has 0 bridgehead atoms. The molecule has 1 aromatic rings. The molecule has 0 amide bonds. The van der Waals surface area contributed by atoms with Crippen molar-refractivity contribution in [2.75, 3.05) is 26.2 Å². The summed E-state index contributed by atoms with van der Waals surface area (Å²) in [4.78, 5) is 2.31. The molecule has 1 aliphatic rings. The summed E-state index contributed by atoms with van der Waals surface area (Å²) in [6.45, 7) is 9.30. The Morgan fingerprint density at radius 2 is 2.15 bits per heavy atom. The molecule has 1 heterocycles. The lowest BCUT2D eigenvalue weighted by molar-refractivity contribution is 0.163. The van der Waals surface area contributed by atoms with Crippen LogP contribution in [0.25, 0.3) is 0 Å². The van der Waals surface area contributed by atoms with Gasteiger partial charge in [-0.1, -0.05) is 12.1 Å². The molecular formula is C16H23FN2O. The fraction of sp³-hybridized carbons (Fsp3) is 0.500. The van der Waals surface area contributed by atoms with Crippen molar-refractivity contribution < 1.29 is 9.50 Å². The summed E-state index contributed by atoms with van der Waals surface area (Å²) in [5.41, 5.74) is 1.54. The van der Waals surface area contributed by atoms with Crippen molar-refractivity contribution in [1.82, 2.24) is 10.2 Å². The number of aryl methyl sites for hydroxylation is 1. The molecule has 1 fully saturated rings. The van der Waals surface area contributed by atoms with Gasteiger partial charge in [-0.3, -0.25) is 4.90 Å². The summed E-state index contributed by atoms with van der Waals surface area (Å²) >= 11 is 0. The van der Waals surface area contributed by atoms with Crippen molar-refractivity contribution in [1.29, 1.82) is 0 Å². The molecule has 1 saturated heterocycles. The van der Waals surface area contributed by atoms with Gasteiger partial charge in [-0.25, -0.2) is 4.39 Å². The predicted molar refractivity (Wildman–Crippen MR) is 79.4 cm³/mol. The van der Waals surface area contributed by atoms with Crippen molar-refractivity contribution in [2.24, 2.45) is 0 Å². The van der Waals surface area contributed by atoms with Gasteiger partial charge in [0.1, 0.15) is 0 Å². The summed E-state index contributed by atoms with van der Waals surface area (Å²) in [5.74, 6) is -0.734. The monoisotopic (exact) mass is 278 g/mol. The van der Waals surface area contributed by atoms with E-state index in [0.717, 1.165) is 44.6 Å². The highest BCUT2D eigenvalue weighted by Gasteiger charge is 2.25. The summed E-state index contributed by atoms with van der Waals surface area (Å²) in [6.07, 6.45) is 3.57. The molecule has 0 saturated carbocycles. The molecule has 110 valence electrons. The van der Waals surface area contributed by atoms with E-state index < -0.39 is 5.82 Å². The van der Waals surface area contributed by atoms with E-state index in [1.165, 1.54) is 6.07 Å². The number of hydrogen-bond donors (Lipinski definition) is 2. The van der Waals surface area contributed by atoms with E-state index in [-0.39, 0.29) is 11.8 Å². The van der Waals surface area contributed by atoms with Crippen LogP contribution in [-0.4, -0.2) is 36.2 Å². The molecule has 0 aliphatic carbocycles. The second kappa shape index (κ2) is 6.86. The predicted octanol–water partition coefficient (Wildman–Crippen LogP) is 2.75. The number of nitrogens with one attached hydrogen (secondary N) is 1. The average molecular weight is 278 g/mol. The van der Waals surface area contributed by atoms with Crippen LogP contribution >= 0.6 is 0 Å². The SMILES string of the molecule is C=CCC[C@H](c1cc(C)cc(F)c1O)N1CCNCC1. The summed E-state index contributed by atoms with van der Waals surface area (Å²) in [6, 6.07) is 3.32. The van der Waals surface area contributed by atoms with Crippen molar-refractivity contribution in [3.05, 3.63) is 41.7 Å². The summed E-state index contributed by atoms with van der Waals surface area (Å²) < 4.78 is 13.8. The lowest BCUT2D eigenvalue weighted by atomic mass is 9.96. The maximum atomic E-state index is 13.8. The second-order valence-corrected chi connectivity index (χ2v) is 5.35. The molecule has 1 atom stereocenters. The summed E-state index contributed by atoms with van der Waals surface area (Å²) in [5, 5.41) is 13.4. The van der Waals surface area contributed by atoms with Crippen molar-refractivity contribution in [2.45, 2.75) is 25.8 Å². The normalized spacial score (nSPS) is 17.9. The third kappa shape index (κ3) is 3.38. The lowest BCUT2D eigenvalue weighted by Crippen LogP contribution is -2.45. The van der Waals surface area contributed by atoms with Gasteiger partial charge in [0.05, 0.1) is 0 Å². The van der Waals surface area contributed by atoms with Crippen molar-refractivity contribution >= 4 is 0 Å². The van der Waals surface area contributed by atoms with E-state index in [1.807, 2.05) is 19.1 Å². The third-order valence-electron chi connectivity index (χ3n) is 3.83. The van der Waals surface area contributed by atoms with Gasteiger partial charge in [0.25, 0.3) is 0 Å². The number of rotatable bonds is 5. The van der Waals surface area contributed by atoms with Gasteiger partial charge in [0.15, 0.2) is 11.6 Å². The molecule has 0 aromatic heterocycles. The number of hydrogen-bond acceptors (Lipinski definition) is 3. The number of piperazine rings is 1. The summed E-state index contributed by atoms with van der Waals surface area (Å²) in [7, 11) is 0. The molecule has 0 unspecified atom stereocenters. The number of allylic oxidation sites excluding steroid dienone is 1. The molecule has 1 aliphatic heterocycles. The van der Waals surface area contributed by atoms with E-state index >= 15 is 0 Å². The Morgan fingerprint density at radius 1 is 1.45 bits per heavy atom. The molecule has 0 radical (unpaired) electrons. The van der Waals surface area contributed by atoms with Gasteiger partial charge in [0.2, 0.25) is 0 Å². The fourth-order valence-corrected chi connectivity index (χ4v) is 2.82. The minimum atomic E-state index is -0.529. The lowest BCUT2D eigenvalue weighted by Gasteiger charge is -2.35. The maximum absolute atomic E-state index is 13.8. The highest BCUT2D eigenvalue weighted by Crippen LogP contribution is 2.35. The van der Waals surface area contributed by atoms with Gasteiger partial charge in [0, 0.05) is 37.8 Å². The Kier molecular flexibility index (Phi) is 5.15. The topological polar surface area (TPSA) is 35.5 Å². The van der Waals surface area contributed by atoms with E-state index in [9.17, 15) is 9.50 Å². The second-order valence-electron chi connectivity index (χ2n) is 5.35. The molecule has 20 heavy (non-hydrogen) atoms. The van der Waals surface area contributed by atoms with Crippen LogP contribution in [-0.2, 0) is 0 Å². The molecule has 2 N–H and O–H groups in total. The molecule has 1 aromatic carbocycles. The van der Waals surface area contributed by atoms with E-state index in [0.29, 0.717) is 5.56 Å². The van der Waals surface area contributed by atoms with E-state index in [1.54, 1.807) is 0 Å². The van der Waals surface area contributed by atoms with Crippen LogP contribution in [0, 0.1) is 12.7 Å². The van der Waals surface area contributed by atoms with Crippen LogP contribution in [0.3, 0.4) is 0 Å². The number of halogens is 1. The number of phenols is 1. The van der Waals surface area contributed by atoms with Gasteiger partial charge >= 0.3 is 0 Å². The average Bonchev–Trinajstić information content (AvgIpc) is 2.45. The molecular weight excluding hydrogens is 255 g/mol. The Balaban J connectivity index is 2.31. The first-order chi connectivity index (χ1) is 9.63. The molecule has 0 spiro atoms. The highest BCUT2D eigenvalue weighted by molar-refractivity contribution is 5.39. The maximum Gasteiger partial charge on any atom is 0.165 e. The fourth-order valence-electron chi connectivity index (χ4n) is 2.82. The smallest absolute Gasteiger partial charge is 0.165 e. The van der Waals surface area contributed by atoms with Crippen LogP contribution in [0.4, 0.5) is 4.39 Å². The van der Waals surface area contributed by atoms with E-state index in [2.05, 4.69) is 16.8 Å². The first kappa shape index (κ1) is 15.0. The molecule has 2 rings (SSSR count). The third-order valence-corrected chi connectivity index (χ3v) is 3.83. The molecule has 3 nitrogen and oxygen atoms in total. The van der Waals surface area contributed by atoms with Gasteiger partial charge in [-0.15, -0.1) is 6.58 Å². The largest absolute Gasteiger partial charge is 0.505 e. The van der Waals surface area contributed by atoms with Gasteiger partial charge in [-0.05, 0) is 31.4 Å². The van der Waals surface area contributed by atoms with Gasteiger partial charge in [-0.2, -0.15) is 0 Å². The highest BCUT2D eigenvalue weighted by atomic mass is 19.1. The minimum Gasteiger partial charge on any atom is -0.505 e. The first-order valence-corrected chi connectivity index (χ1v) is 7.18. The van der Waals surface area contributed by atoms with Gasteiger partial charge < -0.3 is 10.4 Å². The zero-order chi connectivity index (χ0) is 14.5. The number of nitrogens with zero attached hydrogens (tertiary/aromatic N) is 1. The number of phenolic OH excluding ortho intramolecular Hbond substituents is 1. The van der Waals surface area contributed by atoms with Crippen LogP contribution in [0.1, 0.15) is 30.0 Å². The Bertz CT molecular complexity index is 470. The minimum absolute atomic E-state index is 0.0458. The Hall–Kier alpha value is -1.39. The number of benzene rings is 1. The van der Waals surface area contributed by atoms with Crippen molar-refractivity contribution in [3.8, 4) is 5.75 Å². The molecule has 4 heteroatoms. The van der Waals surface area contributed by atoms with Crippen LogP contribution in [0.5, 0.6) is 5.75 Å². The first-order valence-electron chi connectivity index (χ1n) is 7.18. The van der Waals surface area contributed by atoms with Crippen LogP contribution < -0.4 is 5.32 Å². The van der Waals surface area contributed by atoms with Crippen molar-refractivity contribution in [3.63, 3.8) is 0 Å². The Labute approximate surface area is 120 Å². The number of aromatic hydroxyl groups is 1. The zero-order valence-corrected chi connectivity index (χ0v) is 12.0. The van der Waals surface area contributed by atoms with Crippen LogP contribution in [0.15, 0.2) is 24.8 Å². The quantitative estimate of drug-likeness (QED) is 0.813. The zero-order valence-electron chi connectivity index (χ0n) is 12.0. The standard InChI is InChI=1S/C16H23FN2O/c1-3-4-5-15(19-8-6-18-7-9-19)13-10-12(2)11-14(17)16(13)20/h3,10-11,15,18,20H,1,4-9H2,2H3/t15-/m1/s1. The van der Waals surface area contributed by atoms with Crippen LogP contribution in [0.2, 0.25) is 0 Å². The Morgan fingerprint density at radius 3 is 2.80 bits per heavy atom.